The minimum Gasteiger partial charge on any atom is -0.462 e. The molecule has 0 saturated carbocycles. The molecule has 0 aromatic heterocycles. The van der Waals surface area contributed by atoms with Gasteiger partial charge < -0.3 is 23.6 Å². The Labute approximate surface area is 335 Å². The second-order valence-corrected chi connectivity index (χ2v) is 17.2. The molecule has 1 rings (SSSR count). The van der Waals surface area contributed by atoms with Gasteiger partial charge in [-0.3, -0.25) is 18.6 Å². The maximum atomic E-state index is 12.7. The lowest BCUT2D eigenvalue weighted by atomic mass is 10.1. The van der Waals surface area contributed by atoms with Gasteiger partial charge in [0.1, 0.15) is 19.8 Å². The van der Waals surface area contributed by atoms with Gasteiger partial charge in [-0.1, -0.05) is 114 Å². The van der Waals surface area contributed by atoms with E-state index in [-0.39, 0.29) is 38.3 Å². The van der Waals surface area contributed by atoms with Crippen LogP contribution in [0.3, 0.4) is 0 Å². The van der Waals surface area contributed by atoms with Crippen LogP contribution < -0.4 is 0 Å². The summed E-state index contributed by atoms with van der Waals surface area (Å²) in [6.07, 6.45) is 39.0. The molecule has 0 aromatic carbocycles. The van der Waals surface area contributed by atoms with Crippen molar-refractivity contribution < 1.29 is 46.8 Å². The molecule has 1 saturated heterocycles. The van der Waals surface area contributed by atoms with Crippen molar-refractivity contribution in [2.75, 3.05) is 47.5 Å². The van der Waals surface area contributed by atoms with Crippen molar-refractivity contribution in [3.05, 3.63) is 48.6 Å². The lowest BCUT2D eigenvalue weighted by Gasteiger charge is -2.24. The smallest absolute Gasteiger partial charge is 0.462 e. The van der Waals surface area contributed by atoms with Crippen LogP contribution in [0, 0.1) is 0 Å². The van der Waals surface area contributed by atoms with Crippen LogP contribution in [0.1, 0.15) is 155 Å². The topological polar surface area (TPSA) is 121 Å². The zero-order valence-corrected chi connectivity index (χ0v) is 36.2. The SMILES string of the molecule is CCCCC/C=C\C/C=C\CC1OC1C/C=C\CCCC(=O)OC(COC(=O)CCCCCCC/C=C\CCCCCC)COP(=O)(O)OCC[N+](C)(C)C. The summed E-state index contributed by atoms with van der Waals surface area (Å²) in [5.41, 5.74) is 0. The van der Waals surface area contributed by atoms with Crippen LogP contribution in [0.4, 0.5) is 0 Å². The number of allylic oxidation sites excluding steroid dienone is 6. The first-order valence-corrected chi connectivity index (χ1v) is 23.0. The van der Waals surface area contributed by atoms with Gasteiger partial charge in [0.25, 0.3) is 0 Å². The first-order chi connectivity index (χ1) is 26.5. The Balaban J connectivity index is 2.36. The van der Waals surface area contributed by atoms with Gasteiger partial charge >= 0.3 is 19.8 Å². The summed E-state index contributed by atoms with van der Waals surface area (Å²) in [4.78, 5) is 35.3. The Kier molecular flexibility index (Phi) is 30.5. The zero-order valence-electron chi connectivity index (χ0n) is 35.3. The standard InChI is InChI=1S/C44H78NO9P/c1-6-8-10-12-14-16-17-18-19-21-23-25-30-34-43(46)50-38-40(39-52-55(48,49)51-37-36-45(3,4)5)53-44(47)35-31-27-26-29-33-42-41(54-42)32-28-24-22-20-15-13-11-9-7-2/h15-17,20,24,26,28-29,40-42H,6-14,18-19,21-23,25,27,30-39H2,1-5H3/p+1/b17-16-,20-15-,28-24-,29-26-. The fourth-order valence-electron chi connectivity index (χ4n) is 5.69. The normalized spacial score (nSPS) is 17.8. The van der Waals surface area contributed by atoms with Crippen molar-refractivity contribution >= 4 is 19.8 Å². The second-order valence-electron chi connectivity index (χ2n) is 15.8. The first kappa shape index (κ1) is 50.9. The molecule has 1 N–H and O–H groups in total. The number of epoxide rings is 1. The third-order valence-electron chi connectivity index (χ3n) is 9.23. The largest absolute Gasteiger partial charge is 0.472 e. The quantitative estimate of drug-likeness (QED) is 0.0163. The van der Waals surface area contributed by atoms with Crippen molar-refractivity contribution in [3.63, 3.8) is 0 Å². The molecule has 0 aromatic rings. The number of phosphoric acid groups is 1. The second kappa shape index (κ2) is 33.0. The number of carbonyl (C=O) groups is 2. The predicted molar refractivity (Wildman–Crippen MR) is 224 cm³/mol. The molecule has 0 spiro atoms. The Morgan fingerprint density at radius 1 is 0.655 bits per heavy atom. The number of unbranched alkanes of at least 4 members (excludes halogenated alkanes) is 13. The van der Waals surface area contributed by atoms with Gasteiger partial charge in [-0.2, -0.15) is 0 Å². The van der Waals surface area contributed by atoms with Crippen molar-refractivity contribution in [2.24, 2.45) is 0 Å². The van der Waals surface area contributed by atoms with Crippen molar-refractivity contribution in [1.29, 1.82) is 0 Å². The van der Waals surface area contributed by atoms with E-state index in [0.717, 1.165) is 57.8 Å². The highest BCUT2D eigenvalue weighted by Crippen LogP contribution is 2.43. The van der Waals surface area contributed by atoms with Crippen molar-refractivity contribution in [2.45, 2.75) is 173 Å². The fraction of sp³-hybridized carbons (Fsp3) is 0.773. The molecule has 55 heavy (non-hydrogen) atoms. The van der Waals surface area contributed by atoms with E-state index in [2.05, 4.69) is 62.5 Å². The van der Waals surface area contributed by atoms with E-state index >= 15 is 0 Å². The molecule has 4 unspecified atom stereocenters. The summed E-state index contributed by atoms with van der Waals surface area (Å²) < 4.78 is 40.0. The van der Waals surface area contributed by atoms with Gasteiger partial charge in [0, 0.05) is 12.8 Å². The molecular formula is C44H79NO9P+. The highest BCUT2D eigenvalue weighted by Gasteiger charge is 2.36. The number of hydrogen-bond donors (Lipinski definition) is 1. The molecule has 318 valence electrons. The summed E-state index contributed by atoms with van der Waals surface area (Å²) in [6.45, 7) is 4.27. The Hall–Kier alpha value is -2.07. The van der Waals surface area contributed by atoms with Gasteiger partial charge in [0.2, 0.25) is 0 Å². The lowest BCUT2D eigenvalue weighted by molar-refractivity contribution is -0.870. The average Bonchev–Trinajstić information content (AvgIpc) is 3.89. The molecule has 0 bridgehead atoms. The third kappa shape index (κ3) is 33.8. The Morgan fingerprint density at radius 3 is 1.84 bits per heavy atom. The minimum atomic E-state index is -4.40. The highest BCUT2D eigenvalue weighted by molar-refractivity contribution is 7.47. The molecule has 1 heterocycles. The van der Waals surface area contributed by atoms with Gasteiger partial charge in [-0.05, 0) is 77.0 Å². The summed E-state index contributed by atoms with van der Waals surface area (Å²) in [5, 5.41) is 0. The number of ether oxygens (including phenoxy) is 3. The van der Waals surface area contributed by atoms with Crippen molar-refractivity contribution in [3.8, 4) is 0 Å². The Bertz CT molecular complexity index is 1150. The Morgan fingerprint density at radius 2 is 1.16 bits per heavy atom. The maximum Gasteiger partial charge on any atom is 0.472 e. The van der Waals surface area contributed by atoms with Crippen LogP contribution in [0.15, 0.2) is 48.6 Å². The van der Waals surface area contributed by atoms with E-state index in [9.17, 15) is 19.0 Å². The number of rotatable bonds is 37. The summed E-state index contributed by atoms with van der Waals surface area (Å²) in [5.74, 6) is -0.886. The van der Waals surface area contributed by atoms with Crippen LogP contribution in [-0.4, -0.2) is 87.1 Å². The summed E-state index contributed by atoms with van der Waals surface area (Å²) in [7, 11) is 1.42. The predicted octanol–water partition coefficient (Wildman–Crippen LogP) is 10.9. The van der Waals surface area contributed by atoms with Crippen LogP contribution in [-0.2, 0) is 37.4 Å². The number of esters is 2. The summed E-state index contributed by atoms with van der Waals surface area (Å²) in [6, 6.07) is 0. The van der Waals surface area contributed by atoms with E-state index in [4.69, 9.17) is 23.3 Å². The minimum absolute atomic E-state index is 0.0156. The van der Waals surface area contributed by atoms with Crippen LogP contribution in [0.2, 0.25) is 0 Å². The van der Waals surface area contributed by atoms with Gasteiger partial charge in [-0.25, -0.2) is 4.57 Å². The van der Waals surface area contributed by atoms with E-state index in [1.165, 1.54) is 51.4 Å². The van der Waals surface area contributed by atoms with Gasteiger partial charge in [0.15, 0.2) is 6.10 Å². The first-order valence-electron chi connectivity index (χ1n) is 21.5. The fourth-order valence-corrected chi connectivity index (χ4v) is 6.43. The number of nitrogens with zero attached hydrogens (tertiary/aromatic N) is 1. The van der Waals surface area contributed by atoms with E-state index in [1.54, 1.807) is 0 Å². The molecule has 0 amide bonds. The third-order valence-corrected chi connectivity index (χ3v) is 10.2. The van der Waals surface area contributed by atoms with Crippen LogP contribution in [0.25, 0.3) is 0 Å². The maximum absolute atomic E-state index is 12.7. The molecule has 1 aliphatic rings. The molecule has 4 atom stereocenters. The average molecular weight is 797 g/mol. The highest BCUT2D eigenvalue weighted by atomic mass is 31.2. The number of likely N-dealkylation sites (N-methyl/N-ethyl adjacent to an activating group) is 1. The lowest BCUT2D eigenvalue weighted by Crippen LogP contribution is -2.37. The van der Waals surface area contributed by atoms with E-state index < -0.39 is 32.5 Å². The van der Waals surface area contributed by atoms with Crippen molar-refractivity contribution in [1.82, 2.24) is 0 Å². The molecular weight excluding hydrogens is 717 g/mol. The molecule has 1 fully saturated rings. The zero-order chi connectivity index (χ0) is 40.5. The molecule has 0 radical (unpaired) electrons. The number of quaternary nitrogens is 1. The van der Waals surface area contributed by atoms with Gasteiger partial charge in [-0.15, -0.1) is 0 Å². The number of carbonyl (C=O) groups excluding carboxylic acids is 2. The molecule has 0 aliphatic carbocycles. The van der Waals surface area contributed by atoms with E-state index in [0.29, 0.717) is 30.3 Å². The van der Waals surface area contributed by atoms with Crippen LogP contribution in [0.5, 0.6) is 0 Å². The van der Waals surface area contributed by atoms with Gasteiger partial charge in [0.05, 0.1) is 40.0 Å². The van der Waals surface area contributed by atoms with Crippen LogP contribution >= 0.6 is 7.82 Å². The monoisotopic (exact) mass is 797 g/mol. The molecule has 10 nitrogen and oxygen atoms in total. The number of phosphoric ester groups is 1. The van der Waals surface area contributed by atoms with E-state index in [1.807, 2.05) is 21.1 Å². The molecule has 11 heteroatoms. The summed E-state index contributed by atoms with van der Waals surface area (Å²) >= 11 is 0. The number of hydrogen-bond acceptors (Lipinski definition) is 8. The molecule has 1 aliphatic heterocycles.